The summed E-state index contributed by atoms with van der Waals surface area (Å²) in [7, 11) is 0. The Hall–Kier alpha value is -2.42. The summed E-state index contributed by atoms with van der Waals surface area (Å²) < 4.78 is 13.1. The van der Waals surface area contributed by atoms with Crippen LogP contribution in [-0.2, 0) is 0 Å². The number of nitrogens with two attached hydrogens (primary N) is 1. The predicted molar refractivity (Wildman–Crippen MR) is 75.4 cm³/mol. The fourth-order valence-electron chi connectivity index (χ4n) is 1.73. The molecule has 0 heterocycles. The standard InChI is InChI=1S/C16H14FNO/c1-11-2-6-13(17)10-15(11)16(19)9-5-12-3-7-14(18)8-4-12/h2-10H,18H2,1H3/b9-5+. The molecule has 0 aliphatic heterocycles. The Bertz CT molecular complexity index is 630. The molecule has 0 saturated heterocycles. The van der Waals surface area contributed by atoms with Crippen molar-refractivity contribution >= 4 is 17.5 Å². The molecular formula is C16H14FNO. The van der Waals surface area contributed by atoms with Gasteiger partial charge in [-0.15, -0.1) is 0 Å². The maximum atomic E-state index is 13.1. The zero-order valence-corrected chi connectivity index (χ0v) is 10.6. The van der Waals surface area contributed by atoms with E-state index in [2.05, 4.69) is 0 Å². The van der Waals surface area contributed by atoms with E-state index in [-0.39, 0.29) is 5.78 Å². The van der Waals surface area contributed by atoms with Gasteiger partial charge in [-0.1, -0.05) is 24.3 Å². The lowest BCUT2D eigenvalue weighted by Crippen LogP contribution is -1.98. The molecule has 0 bridgehead atoms. The summed E-state index contributed by atoms with van der Waals surface area (Å²) in [5.41, 5.74) is 8.26. The third kappa shape index (κ3) is 3.28. The van der Waals surface area contributed by atoms with E-state index in [0.717, 1.165) is 11.1 Å². The fraction of sp³-hybridized carbons (Fsp3) is 0.0625. The van der Waals surface area contributed by atoms with Gasteiger partial charge in [0.05, 0.1) is 0 Å². The van der Waals surface area contributed by atoms with E-state index in [9.17, 15) is 9.18 Å². The molecule has 0 aromatic heterocycles. The molecule has 0 aliphatic rings. The van der Waals surface area contributed by atoms with Crippen LogP contribution in [0.3, 0.4) is 0 Å². The monoisotopic (exact) mass is 255 g/mol. The minimum Gasteiger partial charge on any atom is -0.399 e. The molecule has 2 aromatic rings. The molecule has 2 N–H and O–H groups in total. The molecule has 0 fully saturated rings. The second-order valence-electron chi connectivity index (χ2n) is 4.32. The number of anilines is 1. The molecule has 0 atom stereocenters. The van der Waals surface area contributed by atoms with E-state index in [0.29, 0.717) is 11.3 Å². The Morgan fingerprint density at radius 1 is 1.16 bits per heavy atom. The van der Waals surface area contributed by atoms with Gasteiger partial charge >= 0.3 is 0 Å². The third-order valence-electron chi connectivity index (χ3n) is 2.83. The molecule has 0 saturated carbocycles. The first-order valence-corrected chi connectivity index (χ1v) is 5.90. The van der Waals surface area contributed by atoms with Gasteiger partial charge in [0, 0.05) is 11.3 Å². The number of nitrogen functional groups attached to an aromatic ring is 1. The molecule has 2 nitrogen and oxygen atoms in total. The first-order valence-electron chi connectivity index (χ1n) is 5.90. The Morgan fingerprint density at radius 2 is 1.84 bits per heavy atom. The molecule has 96 valence electrons. The zero-order valence-electron chi connectivity index (χ0n) is 10.6. The number of halogens is 1. The van der Waals surface area contributed by atoms with Gasteiger partial charge in [0.2, 0.25) is 0 Å². The molecular weight excluding hydrogens is 241 g/mol. The summed E-state index contributed by atoms with van der Waals surface area (Å²) in [6.45, 7) is 1.78. The van der Waals surface area contributed by atoms with Gasteiger partial charge in [0.15, 0.2) is 5.78 Å². The maximum Gasteiger partial charge on any atom is 0.186 e. The van der Waals surface area contributed by atoms with Gasteiger partial charge < -0.3 is 5.73 Å². The van der Waals surface area contributed by atoms with Gasteiger partial charge in [-0.05, 0) is 48.4 Å². The predicted octanol–water partition coefficient (Wildman–Crippen LogP) is 3.61. The highest BCUT2D eigenvalue weighted by Gasteiger charge is 2.06. The van der Waals surface area contributed by atoms with Crippen LogP contribution in [0.25, 0.3) is 6.08 Å². The Kier molecular flexibility index (Phi) is 3.76. The van der Waals surface area contributed by atoms with Crippen molar-refractivity contribution in [1.82, 2.24) is 0 Å². The van der Waals surface area contributed by atoms with Crippen LogP contribution in [-0.4, -0.2) is 5.78 Å². The molecule has 0 aliphatic carbocycles. The van der Waals surface area contributed by atoms with E-state index in [4.69, 9.17) is 5.73 Å². The van der Waals surface area contributed by atoms with Gasteiger partial charge in [-0.3, -0.25) is 4.79 Å². The summed E-state index contributed by atoms with van der Waals surface area (Å²) in [6.07, 6.45) is 3.12. The summed E-state index contributed by atoms with van der Waals surface area (Å²) in [6, 6.07) is 11.4. The number of rotatable bonds is 3. The van der Waals surface area contributed by atoms with Crippen LogP contribution in [0.2, 0.25) is 0 Å². The maximum absolute atomic E-state index is 13.1. The normalized spacial score (nSPS) is 10.8. The lowest BCUT2D eigenvalue weighted by Gasteiger charge is -2.01. The molecule has 2 rings (SSSR count). The van der Waals surface area contributed by atoms with Gasteiger partial charge in [-0.2, -0.15) is 0 Å². The minimum atomic E-state index is -0.408. The van der Waals surface area contributed by atoms with Crippen molar-refractivity contribution in [2.75, 3.05) is 5.73 Å². The SMILES string of the molecule is Cc1ccc(F)cc1C(=O)/C=C/c1ccc(N)cc1. The largest absolute Gasteiger partial charge is 0.399 e. The van der Waals surface area contributed by atoms with Gasteiger partial charge in [0.25, 0.3) is 0 Å². The van der Waals surface area contributed by atoms with E-state index < -0.39 is 5.82 Å². The molecule has 3 heteroatoms. The van der Waals surface area contributed by atoms with E-state index >= 15 is 0 Å². The quantitative estimate of drug-likeness (QED) is 0.517. The summed E-state index contributed by atoms with van der Waals surface area (Å²) in [5.74, 6) is -0.622. The van der Waals surface area contributed by atoms with Crippen molar-refractivity contribution in [3.63, 3.8) is 0 Å². The lowest BCUT2D eigenvalue weighted by atomic mass is 10.0. The number of aryl methyl sites for hydroxylation is 1. The van der Waals surface area contributed by atoms with E-state index in [1.807, 2.05) is 12.1 Å². The van der Waals surface area contributed by atoms with Crippen molar-refractivity contribution in [3.8, 4) is 0 Å². The summed E-state index contributed by atoms with van der Waals surface area (Å²) >= 11 is 0. The average Bonchev–Trinajstić information content (AvgIpc) is 2.40. The van der Waals surface area contributed by atoms with Crippen molar-refractivity contribution in [2.24, 2.45) is 0 Å². The third-order valence-corrected chi connectivity index (χ3v) is 2.83. The van der Waals surface area contributed by atoms with Gasteiger partial charge in [0.1, 0.15) is 5.82 Å². The first kappa shape index (κ1) is 13.0. The second-order valence-corrected chi connectivity index (χ2v) is 4.32. The van der Waals surface area contributed by atoms with Crippen LogP contribution < -0.4 is 5.73 Å². The van der Waals surface area contributed by atoms with Crippen molar-refractivity contribution in [1.29, 1.82) is 0 Å². The Morgan fingerprint density at radius 3 is 2.53 bits per heavy atom. The lowest BCUT2D eigenvalue weighted by molar-refractivity contribution is 0.104. The van der Waals surface area contributed by atoms with Crippen LogP contribution in [0.4, 0.5) is 10.1 Å². The van der Waals surface area contributed by atoms with Crippen molar-refractivity contribution in [2.45, 2.75) is 6.92 Å². The van der Waals surface area contributed by atoms with Crippen LogP contribution in [0, 0.1) is 12.7 Å². The number of allylic oxidation sites excluding steroid dienone is 1. The van der Waals surface area contributed by atoms with Crippen molar-refractivity contribution < 1.29 is 9.18 Å². The van der Waals surface area contributed by atoms with Crippen LogP contribution in [0.5, 0.6) is 0 Å². The smallest absolute Gasteiger partial charge is 0.186 e. The number of carbonyl (C=O) groups excluding carboxylic acids is 1. The van der Waals surface area contributed by atoms with Crippen LogP contribution >= 0.6 is 0 Å². The molecule has 0 radical (unpaired) electrons. The highest BCUT2D eigenvalue weighted by molar-refractivity contribution is 6.07. The van der Waals surface area contributed by atoms with Crippen LogP contribution in [0.15, 0.2) is 48.5 Å². The number of hydrogen-bond acceptors (Lipinski definition) is 2. The van der Waals surface area contributed by atoms with Crippen molar-refractivity contribution in [3.05, 3.63) is 71.0 Å². The molecule has 0 spiro atoms. The number of carbonyl (C=O) groups is 1. The first-order chi connectivity index (χ1) is 9.06. The highest BCUT2D eigenvalue weighted by Crippen LogP contribution is 2.13. The fourth-order valence-corrected chi connectivity index (χ4v) is 1.73. The molecule has 19 heavy (non-hydrogen) atoms. The molecule has 2 aromatic carbocycles. The topological polar surface area (TPSA) is 43.1 Å². The summed E-state index contributed by atoms with van der Waals surface area (Å²) in [4.78, 5) is 12.0. The Balaban J connectivity index is 2.21. The summed E-state index contributed by atoms with van der Waals surface area (Å²) in [5, 5.41) is 0. The highest BCUT2D eigenvalue weighted by atomic mass is 19.1. The number of benzene rings is 2. The second kappa shape index (κ2) is 5.48. The number of ketones is 1. The average molecular weight is 255 g/mol. The molecule has 0 amide bonds. The van der Waals surface area contributed by atoms with E-state index in [1.54, 1.807) is 31.2 Å². The number of hydrogen-bond donors (Lipinski definition) is 1. The molecule has 0 unspecified atom stereocenters. The van der Waals surface area contributed by atoms with Gasteiger partial charge in [-0.25, -0.2) is 4.39 Å². The zero-order chi connectivity index (χ0) is 13.8. The van der Waals surface area contributed by atoms with E-state index in [1.165, 1.54) is 18.2 Å². The minimum absolute atomic E-state index is 0.214. The Labute approximate surface area is 111 Å². The van der Waals surface area contributed by atoms with Crippen LogP contribution in [0.1, 0.15) is 21.5 Å².